The lowest BCUT2D eigenvalue weighted by atomic mass is 9.75. The minimum absolute atomic E-state index is 0.0871. The Hall–Kier alpha value is -1.78. The van der Waals surface area contributed by atoms with Gasteiger partial charge in [-0.05, 0) is 31.1 Å². The van der Waals surface area contributed by atoms with Crippen molar-refractivity contribution in [2.75, 3.05) is 7.05 Å². The minimum atomic E-state index is -1.05. The van der Waals surface area contributed by atoms with Gasteiger partial charge in [-0.25, -0.2) is 4.79 Å². The normalized spacial score (nSPS) is 18.2. The molecule has 0 spiro atoms. The maximum atomic E-state index is 12.5. The molecule has 1 aliphatic rings. The Kier molecular flexibility index (Phi) is 4.63. The Bertz CT molecular complexity index is 563. The molecule has 1 N–H and O–H groups in total. The largest absolute Gasteiger partial charge is 0.478 e. The summed E-state index contributed by atoms with van der Waals surface area (Å²) in [4.78, 5) is 25.4. The van der Waals surface area contributed by atoms with Crippen molar-refractivity contribution in [3.8, 4) is 0 Å². The van der Waals surface area contributed by atoms with Crippen LogP contribution in [0.3, 0.4) is 0 Å². The lowest BCUT2D eigenvalue weighted by Crippen LogP contribution is -2.40. The van der Waals surface area contributed by atoms with Crippen molar-refractivity contribution in [2.45, 2.75) is 58.9 Å². The monoisotopic (exact) mass is 307 g/mol. The zero-order chi connectivity index (χ0) is 16.5. The molecule has 0 aromatic carbocycles. The third-order valence-electron chi connectivity index (χ3n) is 4.75. The number of carbonyl (C=O) groups excluding carboxylic acids is 1. The van der Waals surface area contributed by atoms with Gasteiger partial charge in [0.15, 0.2) is 5.76 Å². The van der Waals surface area contributed by atoms with Crippen LogP contribution in [0.2, 0.25) is 0 Å². The quantitative estimate of drug-likeness (QED) is 0.923. The number of hydrogen-bond acceptors (Lipinski definition) is 3. The van der Waals surface area contributed by atoms with E-state index < -0.39 is 5.97 Å². The maximum absolute atomic E-state index is 12.5. The SMILES string of the molecule is CCc1oc(C(=O)N(C)C2CCC(C)(C)CC2)cc1C(=O)O. The summed E-state index contributed by atoms with van der Waals surface area (Å²) in [6.45, 7) is 6.32. The van der Waals surface area contributed by atoms with E-state index in [4.69, 9.17) is 9.52 Å². The molecule has 1 saturated carbocycles. The van der Waals surface area contributed by atoms with Gasteiger partial charge in [-0.2, -0.15) is 0 Å². The number of hydrogen-bond donors (Lipinski definition) is 1. The molecule has 2 rings (SSSR count). The molecule has 0 unspecified atom stereocenters. The first-order valence-electron chi connectivity index (χ1n) is 7.88. The third kappa shape index (κ3) is 3.34. The van der Waals surface area contributed by atoms with E-state index in [0.717, 1.165) is 25.7 Å². The number of nitrogens with zero attached hydrogens (tertiary/aromatic N) is 1. The average Bonchev–Trinajstić information content (AvgIpc) is 2.90. The summed E-state index contributed by atoms with van der Waals surface area (Å²) in [5, 5.41) is 9.15. The summed E-state index contributed by atoms with van der Waals surface area (Å²) in [6, 6.07) is 1.55. The summed E-state index contributed by atoms with van der Waals surface area (Å²) >= 11 is 0. The number of amides is 1. The Labute approximate surface area is 131 Å². The van der Waals surface area contributed by atoms with Crippen LogP contribution in [0.4, 0.5) is 0 Å². The van der Waals surface area contributed by atoms with Crippen LogP contribution in [0.1, 0.15) is 73.1 Å². The second-order valence-electron chi connectivity index (χ2n) is 6.92. The van der Waals surface area contributed by atoms with Gasteiger partial charge in [-0.3, -0.25) is 4.79 Å². The van der Waals surface area contributed by atoms with Crippen LogP contribution in [0.25, 0.3) is 0 Å². The van der Waals surface area contributed by atoms with Gasteiger partial charge in [0.25, 0.3) is 5.91 Å². The van der Waals surface area contributed by atoms with Gasteiger partial charge in [0.05, 0.1) is 0 Å². The van der Waals surface area contributed by atoms with Crippen LogP contribution in [-0.2, 0) is 6.42 Å². The Morgan fingerprint density at radius 1 is 1.36 bits per heavy atom. The number of carboxylic acid groups (broad SMARTS) is 1. The van der Waals surface area contributed by atoms with Crippen LogP contribution in [0.15, 0.2) is 10.5 Å². The van der Waals surface area contributed by atoms with Crippen LogP contribution in [-0.4, -0.2) is 35.0 Å². The predicted molar refractivity (Wildman–Crippen MR) is 83.2 cm³/mol. The number of rotatable bonds is 4. The van der Waals surface area contributed by atoms with Crippen LogP contribution in [0, 0.1) is 5.41 Å². The molecule has 5 heteroatoms. The third-order valence-corrected chi connectivity index (χ3v) is 4.75. The molecule has 1 amide bonds. The fraction of sp³-hybridized carbons (Fsp3) is 0.647. The van der Waals surface area contributed by atoms with Crippen molar-refractivity contribution in [3.63, 3.8) is 0 Å². The number of aryl methyl sites for hydroxylation is 1. The lowest BCUT2D eigenvalue weighted by molar-refractivity contribution is 0.0602. The van der Waals surface area contributed by atoms with Gasteiger partial charge in [-0.15, -0.1) is 0 Å². The minimum Gasteiger partial charge on any atom is -0.478 e. The number of carbonyl (C=O) groups is 2. The summed E-state index contributed by atoms with van der Waals surface area (Å²) in [6.07, 6.45) is 4.59. The zero-order valence-electron chi connectivity index (χ0n) is 13.8. The van der Waals surface area contributed by atoms with Crippen molar-refractivity contribution in [1.82, 2.24) is 4.90 Å². The second-order valence-corrected chi connectivity index (χ2v) is 6.92. The van der Waals surface area contributed by atoms with E-state index in [1.807, 2.05) is 6.92 Å². The summed E-state index contributed by atoms with van der Waals surface area (Å²) in [5.41, 5.74) is 0.431. The summed E-state index contributed by atoms with van der Waals surface area (Å²) in [7, 11) is 1.78. The standard InChI is InChI=1S/C17H25NO4/c1-5-13-12(16(20)21)10-14(22-13)15(19)18(4)11-6-8-17(2,3)9-7-11/h10-11H,5-9H2,1-4H3,(H,20,21). The van der Waals surface area contributed by atoms with Gasteiger partial charge >= 0.3 is 5.97 Å². The molecule has 1 aromatic heterocycles. The number of furan rings is 1. The first-order valence-corrected chi connectivity index (χ1v) is 7.88. The molecule has 1 fully saturated rings. The highest BCUT2D eigenvalue weighted by molar-refractivity contribution is 5.96. The highest BCUT2D eigenvalue weighted by Crippen LogP contribution is 2.37. The molecule has 0 bridgehead atoms. The van der Waals surface area contributed by atoms with Crippen LogP contribution in [0.5, 0.6) is 0 Å². The average molecular weight is 307 g/mol. The predicted octanol–water partition coefficient (Wildman–Crippen LogP) is 3.58. The number of carboxylic acids is 1. The molecule has 1 aromatic rings. The Morgan fingerprint density at radius 3 is 2.41 bits per heavy atom. The number of aromatic carboxylic acids is 1. The van der Waals surface area contributed by atoms with E-state index >= 15 is 0 Å². The zero-order valence-corrected chi connectivity index (χ0v) is 13.8. The van der Waals surface area contributed by atoms with Gasteiger partial charge in [-0.1, -0.05) is 20.8 Å². The summed E-state index contributed by atoms with van der Waals surface area (Å²) < 4.78 is 5.47. The van der Waals surface area contributed by atoms with E-state index in [2.05, 4.69) is 13.8 Å². The molecular weight excluding hydrogens is 282 g/mol. The van der Waals surface area contributed by atoms with Gasteiger partial charge in [0.1, 0.15) is 11.3 Å². The molecule has 1 heterocycles. The van der Waals surface area contributed by atoms with Crippen molar-refractivity contribution < 1.29 is 19.1 Å². The maximum Gasteiger partial charge on any atom is 0.339 e. The highest BCUT2D eigenvalue weighted by atomic mass is 16.4. The Balaban J connectivity index is 2.13. The van der Waals surface area contributed by atoms with Gasteiger partial charge < -0.3 is 14.4 Å². The highest BCUT2D eigenvalue weighted by Gasteiger charge is 2.32. The molecule has 0 radical (unpaired) electrons. The van der Waals surface area contributed by atoms with Crippen molar-refractivity contribution in [3.05, 3.63) is 23.2 Å². The van der Waals surface area contributed by atoms with Crippen molar-refractivity contribution >= 4 is 11.9 Å². The van der Waals surface area contributed by atoms with E-state index in [9.17, 15) is 9.59 Å². The van der Waals surface area contributed by atoms with E-state index in [1.165, 1.54) is 6.07 Å². The fourth-order valence-corrected chi connectivity index (χ4v) is 3.09. The van der Waals surface area contributed by atoms with E-state index in [1.54, 1.807) is 11.9 Å². The molecule has 0 atom stereocenters. The van der Waals surface area contributed by atoms with Crippen molar-refractivity contribution in [2.24, 2.45) is 5.41 Å². The smallest absolute Gasteiger partial charge is 0.339 e. The van der Waals surface area contributed by atoms with Crippen LogP contribution >= 0.6 is 0 Å². The molecule has 0 saturated heterocycles. The topological polar surface area (TPSA) is 70.8 Å². The van der Waals surface area contributed by atoms with E-state index in [-0.39, 0.29) is 23.3 Å². The first kappa shape index (κ1) is 16.6. The fourth-order valence-electron chi connectivity index (χ4n) is 3.09. The van der Waals surface area contributed by atoms with Crippen LogP contribution < -0.4 is 0 Å². The van der Waals surface area contributed by atoms with Gasteiger partial charge in [0.2, 0.25) is 0 Å². The first-order chi connectivity index (χ1) is 10.2. The second kappa shape index (κ2) is 6.15. The molecule has 1 aliphatic carbocycles. The van der Waals surface area contributed by atoms with E-state index in [0.29, 0.717) is 17.6 Å². The van der Waals surface area contributed by atoms with Crippen molar-refractivity contribution in [1.29, 1.82) is 0 Å². The molecule has 5 nitrogen and oxygen atoms in total. The Morgan fingerprint density at radius 2 is 1.95 bits per heavy atom. The summed E-state index contributed by atoms with van der Waals surface area (Å²) in [5.74, 6) is -0.802. The van der Waals surface area contributed by atoms with Gasteiger partial charge in [0, 0.05) is 25.6 Å². The molecule has 122 valence electrons. The molecular formula is C17H25NO4. The molecule has 0 aliphatic heterocycles. The molecule has 22 heavy (non-hydrogen) atoms. The lowest BCUT2D eigenvalue weighted by Gasteiger charge is -2.38.